The summed E-state index contributed by atoms with van der Waals surface area (Å²) in [5, 5.41) is 0. The molecule has 2 nitrogen and oxygen atoms in total. The van der Waals surface area contributed by atoms with E-state index >= 15 is 0 Å². The van der Waals surface area contributed by atoms with E-state index in [1.54, 1.807) is 12.1 Å². The van der Waals surface area contributed by atoms with Crippen LogP contribution in [0.3, 0.4) is 0 Å². The Balaban J connectivity index is 2.91. The summed E-state index contributed by atoms with van der Waals surface area (Å²) in [6.45, 7) is 7.71. The van der Waals surface area contributed by atoms with Crippen molar-refractivity contribution in [1.29, 1.82) is 0 Å². The Morgan fingerprint density at radius 1 is 1.44 bits per heavy atom. The van der Waals surface area contributed by atoms with E-state index in [-0.39, 0.29) is 23.2 Å². The largest absolute Gasteiger partial charge is 0.485 e. The number of hydrogen-bond acceptors (Lipinski definition) is 2. The van der Waals surface area contributed by atoms with E-state index in [1.807, 2.05) is 27.7 Å². The van der Waals surface area contributed by atoms with Gasteiger partial charge in [0.05, 0.1) is 0 Å². The van der Waals surface area contributed by atoms with Crippen LogP contribution in [0.15, 0.2) is 18.2 Å². The Morgan fingerprint density at radius 3 is 2.50 bits per heavy atom. The van der Waals surface area contributed by atoms with E-state index in [0.29, 0.717) is 0 Å². The highest BCUT2D eigenvalue weighted by molar-refractivity contribution is 5.31. The lowest BCUT2D eigenvalue weighted by Crippen LogP contribution is -2.27. The summed E-state index contributed by atoms with van der Waals surface area (Å²) in [4.78, 5) is 0. The highest BCUT2D eigenvalue weighted by Crippen LogP contribution is 2.26. The van der Waals surface area contributed by atoms with Crippen molar-refractivity contribution in [3.8, 4) is 5.75 Å². The monoisotopic (exact) mass is 225 g/mol. The zero-order valence-corrected chi connectivity index (χ0v) is 10.4. The van der Waals surface area contributed by atoms with Gasteiger partial charge in [-0.25, -0.2) is 4.39 Å². The molecule has 0 spiro atoms. The molecule has 2 N–H and O–H groups in total. The van der Waals surface area contributed by atoms with E-state index < -0.39 is 0 Å². The van der Waals surface area contributed by atoms with Crippen LogP contribution in [0.4, 0.5) is 4.39 Å². The fraction of sp³-hybridized carbons (Fsp3) is 0.538. The summed E-state index contributed by atoms with van der Waals surface area (Å²) in [5.41, 5.74) is 6.11. The van der Waals surface area contributed by atoms with Crippen molar-refractivity contribution in [2.45, 2.75) is 45.8 Å². The molecule has 90 valence electrons. The number of halogens is 1. The predicted molar refractivity (Wildman–Crippen MR) is 64.0 cm³/mol. The van der Waals surface area contributed by atoms with Crippen molar-refractivity contribution in [2.75, 3.05) is 0 Å². The minimum absolute atomic E-state index is 0.164. The quantitative estimate of drug-likeness (QED) is 0.852. The lowest BCUT2D eigenvalue weighted by molar-refractivity contribution is 0.0994. The molecule has 1 atom stereocenters. The Kier molecular flexibility index (Phi) is 3.92. The average Bonchev–Trinajstić information content (AvgIpc) is 2.20. The van der Waals surface area contributed by atoms with Crippen LogP contribution in [0.25, 0.3) is 0 Å². The summed E-state index contributed by atoms with van der Waals surface area (Å²) >= 11 is 0. The first-order valence-corrected chi connectivity index (χ1v) is 5.60. The Hall–Kier alpha value is -1.09. The first kappa shape index (κ1) is 13.0. The van der Waals surface area contributed by atoms with E-state index in [0.717, 1.165) is 12.0 Å². The van der Waals surface area contributed by atoms with Gasteiger partial charge in [-0.2, -0.15) is 0 Å². The van der Waals surface area contributed by atoms with E-state index in [2.05, 4.69) is 0 Å². The molecule has 0 aliphatic heterocycles. The van der Waals surface area contributed by atoms with Crippen LogP contribution in [-0.2, 0) is 0 Å². The molecule has 1 unspecified atom stereocenters. The summed E-state index contributed by atoms with van der Waals surface area (Å²) < 4.78 is 19.3. The van der Waals surface area contributed by atoms with Crippen molar-refractivity contribution >= 4 is 0 Å². The smallest absolute Gasteiger partial charge is 0.165 e. The molecule has 0 saturated heterocycles. The van der Waals surface area contributed by atoms with Crippen molar-refractivity contribution in [3.05, 3.63) is 29.6 Å². The fourth-order valence-corrected chi connectivity index (χ4v) is 1.25. The van der Waals surface area contributed by atoms with E-state index in [1.165, 1.54) is 6.07 Å². The summed E-state index contributed by atoms with van der Waals surface area (Å²) in [6, 6.07) is 4.72. The molecule has 1 rings (SSSR count). The third-order valence-electron chi connectivity index (χ3n) is 2.72. The molecule has 0 aliphatic carbocycles. The van der Waals surface area contributed by atoms with E-state index in [9.17, 15) is 4.39 Å². The van der Waals surface area contributed by atoms with Crippen molar-refractivity contribution in [2.24, 2.45) is 5.73 Å². The Morgan fingerprint density at radius 2 is 2.06 bits per heavy atom. The van der Waals surface area contributed by atoms with Gasteiger partial charge in [0.1, 0.15) is 5.60 Å². The maximum absolute atomic E-state index is 13.7. The van der Waals surface area contributed by atoms with Gasteiger partial charge in [0.15, 0.2) is 11.6 Å². The van der Waals surface area contributed by atoms with Crippen molar-refractivity contribution in [1.82, 2.24) is 0 Å². The van der Waals surface area contributed by atoms with Crippen molar-refractivity contribution in [3.63, 3.8) is 0 Å². The minimum Gasteiger partial charge on any atom is -0.485 e. The summed E-state index contributed by atoms with van der Waals surface area (Å²) in [7, 11) is 0. The zero-order chi connectivity index (χ0) is 12.3. The molecule has 0 amide bonds. The van der Waals surface area contributed by atoms with Crippen LogP contribution in [0, 0.1) is 5.82 Å². The van der Waals surface area contributed by atoms with Crippen LogP contribution in [0.1, 0.15) is 45.7 Å². The van der Waals surface area contributed by atoms with E-state index in [4.69, 9.17) is 10.5 Å². The SMILES string of the molecule is CCC(C)(C)Oc1ccc(C(C)N)cc1F. The molecule has 0 radical (unpaired) electrons. The highest BCUT2D eigenvalue weighted by atomic mass is 19.1. The van der Waals surface area contributed by atoms with Gasteiger partial charge in [-0.3, -0.25) is 0 Å². The predicted octanol–water partition coefficient (Wildman–Crippen LogP) is 3.41. The topological polar surface area (TPSA) is 35.2 Å². The maximum Gasteiger partial charge on any atom is 0.165 e. The molecule has 0 fully saturated rings. The molecule has 0 aromatic heterocycles. The standard InChI is InChI=1S/C13H20FNO/c1-5-13(3,4)16-12-7-6-10(9(2)15)8-11(12)14/h6-9H,5,15H2,1-4H3. The Bertz CT molecular complexity index is 361. The Labute approximate surface area is 96.6 Å². The van der Waals surface area contributed by atoms with Crippen LogP contribution in [-0.4, -0.2) is 5.60 Å². The first-order valence-electron chi connectivity index (χ1n) is 5.60. The second kappa shape index (κ2) is 4.83. The van der Waals surface area contributed by atoms with Gasteiger partial charge in [0, 0.05) is 6.04 Å². The zero-order valence-electron chi connectivity index (χ0n) is 10.4. The maximum atomic E-state index is 13.7. The second-order valence-corrected chi connectivity index (χ2v) is 4.69. The number of ether oxygens (including phenoxy) is 1. The third kappa shape index (κ3) is 3.20. The van der Waals surface area contributed by atoms with Gasteiger partial charge in [-0.15, -0.1) is 0 Å². The third-order valence-corrected chi connectivity index (χ3v) is 2.72. The number of rotatable bonds is 4. The van der Waals surface area contributed by atoms with Gasteiger partial charge in [0.2, 0.25) is 0 Å². The van der Waals surface area contributed by atoms with Crippen LogP contribution >= 0.6 is 0 Å². The van der Waals surface area contributed by atoms with Crippen LogP contribution in [0.5, 0.6) is 5.75 Å². The fourth-order valence-electron chi connectivity index (χ4n) is 1.25. The lowest BCUT2D eigenvalue weighted by atomic mass is 10.1. The van der Waals surface area contributed by atoms with Gasteiger partial charge >= 0.3 is 0 Å². The molecule has 0 aliphatic rings. The van der Waals surface area contributed by atoms with Gasteiger partial charge in [-0.1, -0.05) is 13.0 Å². The summed E-state index contributed by atoms with van der Waals surface area (Å²) in [5.74, 6) is -0.0624. The lowest BCUT2D eigenvalue weighted by Gasteiger charge is -2.25. The first-order chi connectivity index (χ1) is 7.35. The number of hydrogen-bond donors (Lipinski definition) is 1. The molecule has 0 saturated carbocycles. The van der Waals surface area contributed by atoms with Crippen LogP contribution < -0.4 is 10.5 Å². The summed E-state index contributed by atoms with van der Waals surface area (Å²) in [6.07, 6.45) is 0.821. The molecular weight excluding hydrogens is 205 g/mol. The molecular formula is C13H20FNO. The number of benzene rings is 1. The minimum atomic E-state index is -0.351. The van der Waals surface area contributed by atoms with Gasteiger partial charge < -0.3 is 10.5 Å². The number of nitrogens with two attached hydrogens (primary N) is 1. The van der Waals surface area contributed by atoms with Crippen LogP contribution in [0.2, 0.25) is 0 Å². The average molecular weight is 225 g/mol. The molecule has 3 heteroatoms. The normalized spacial score (nSPS) is 13.6. The molecule has 0 bridgehead atoms. The van der Waals surface area contributed by atoms with Crippen molar-refractivity contribution < 1.29 is 9.13 Å². The molecule has 1 aromatic rings. The second-order valence-electron chi connectivity index (χ2n) is 4.69. The molecule has 0 heterocycles. The van der Waals surface area contributed by atoms with Gasteiger partial charge in [-0.05, 0) is 44.9 Å². The highest BCUT2D eigenvalue weighted by Gasteiger charge is 2.19. The molecule has 16 heavy (non-hydrogen) atoms. The molecule has 1 aromatic carbocycles. The van der Waals surface area contributed by atoms with Gasteiger partial charge in [0.25, 0.3) is 0 Å².